The second kappa shape index (κ2) is 8.19. The Kier molecular flexibility index (Phi) is 5.97. The second-order valence-electron chi connectivity index (χ2n) is 7.12. The van der Waals surface area contributed by atoms with Crippen LogP contribution in [0.3, 0.4) is 0 Å². The van der Waals surface area contributed by atoms with Crippen molar-refractivity contribution in [1.82, 2.24) is 15.5 Å². The van der Waals surface area contributed by atoms with E-state index in [1.807, 2.05) is 24.0 Å². The molecule has 0 saturated carbocycles. The van der Waals surface area contributed by atoms with E-state index in [0.717, 1.165) is 44.3 Å². The Morgan fingerprint density at radius 1 is 1.32 bits per heavy atom. The summed E-state index contributed by atoms with van der Waals surface area (Å²) in [5, 5.41) is 6.88. The highest BCUT2D eigenvalue weighted by Gasteiger charge is 2.27. The van der Waals surface area contributed by atoms with Gasteiger partial charge in [0.1, 0.15) is 0 Å². The van der Waals surface area contributed by atoms with Crippen LogP contribution in [0, 0.1) is 12.8 Å². The van der Waals surface area contributed by atoms with Gasteiger partial charge >= 0.3 is 0 Å². The molecule has 5 nitrogen and oxygen atoms in total. The van der Waals surface area contributed by atoms with E-state index < -0.39 is 0 Å². The molecule has 2 atom stereocenters. The van der Waals surface area contributed by atoms with E-state index in [-0.39, 0.29) is 17.9 Å². The average molecular weight is 364 g/mol. The van der Waals surface area contributed by atoms with Gasteiger partial charge in [0.15, 0.2) is 0 Å². The normalized spacial score (nSPS) is 23.5. The summed E-state index contributed by atoms with van der Waals surface area (Å²) < 4.78 is 0. The second-order valence-corrected chi connectivity index (χ2v) is 7.52. The summed E-state index contributed by atoms with van der Waals surface area (Å²) in [4.78, 5) is 26.7. The van der Waals surface area contributed by atoms with E-state index in [9.17, 15) is 9.59 Å². The molecule has 25 heavy (non-hydrogen) atoms. The van der Waals surface area contributed by atoms with Crippen molar-refractivity contribution in [1.29, 1.82) is 0 Å². The van der Waals surface area contributed by atoms with Crippen LogP contribution in [0.4, 0.5) is 0 Å². The van der Waals surface area contributed by atoms with Gasteiger partial charge in [-0.3, -0.25) is 9.59 Å². The lowest BCUT2D eigenvalue weighted by Gasteiger charge is -2.33. The third-order valence-electron chi connectivity index (χ3n) is 5.17. The van der Waals surface area contributed by atoms with Crippen LogP contribution < -0.4 is 10.6 Å². The summed E-state index contributed by atoms with van der Waals surface area (Å²) in [6.07, 6.45) is 3.97. The molecule has 2 amide bonds. The summed E-state index contributed by atoms with van der Waals surface area (Å²) in [5.74, 6) is 0.422. The molecule has 3 rings (SSSR count). The lowest BCUT2D eigenvalue weighted by molar-refractivity contribution is -0.123. The average Bonchev–Trinajstić information content (AvgIpc) is 3.16. The molecule has 6 heteroatoms. The van der Waals surface area contributed by atoms with Crippen LogP contribution in [-0.2, 0) is 4.79 Å². The fourth-order valence-corrected chi connectivity index (χ4v) is 3.78. The predicted molar refractivity (Wildman–Crippen MR) is 98.9 cm³/mol. The number of hydrogen-bond donors (Lipinski definition) is 2. The maximum Gasteiger partial charge on any atom is 0.253 e. The minimum atomic E-state index is -0.0453. The molecule has 0 aliphatic carbocycles. The maximum absolute atomic E-state index is 12.7. The molecule has 2 aliphatic heterocycles. The first-order chi connectivity index (χ1) is 12.0. The molecule has 0 aromatic heterocycles. The standard InChI is InChI=1S/C19H26ClN3O2/c1-13-6-7-15(10-16(13)20)19(25)23-9-3-4-14(12-23)11-22-18(24)17-5-2-8-21-17/h6-7,10,14,17,21H,2-5,8-9,11-12H2,1H3,(H,22,24). The van der Waals surface area contributed by atoms with Crippen molar-refractivity contribution >= 4 is 23.4 Å². The first-order valence-electron chi connectivity index (χ1n) is 9.11. The van der Waals surface area contributed by atoms with Gasteiger partial charge in [-0.15, -0.1) is 0 Å². The summed E-state index contributed by atoms with van der Waals surface area (Å²) in [5.41, 5.74) is 1.61. The number of hydrogen-bond acceptors (Lipinski definition) is 3. The lowest BCUT2D eigenvalue weighted by Crippen LogP contribution is -2.46. The molecule has 2 unspecified atom stereocenters. The number of carbonyl (C=O) groups is 2. The SMILES string of the molecule is Cc1ccc(C(=O)N2CCCC(CNC(=O)C3CCCN3)C2)cc1Cl. The molecule has 2 fully saturated rings. The molecule has 2 heterocycles. The van der Waals surface area contributed by atoms with Gasteiger partial charge in [0, 0.05) is 30.2 Å². The Labute approximate surface area is 154 Å². The number of aryl methyl sites for hydroxylation is 1. The van der Waals surface area contributed by atoms with Crippen LogP contribution in [0.2, 0.25) is 5.02 Å². The van der Waals surface area contributed by atoms with Crippen molar-refractivity contribution in [2.45, 2.75) is 38.6 Å². The molecule has 2 aliphatic rings. The minimum Gasteiger partial charge on any atom is -0.354 e. The molecule has 1 aromatic rings. The highest BCUT2D eigenvalue weighted by Crippen LogP contribution is 2.21. The van der Waals surface area contributed by atoms with Gasteiger partial charge in [-0.25, -0.2) is 0 Å². The number of benzene rings is 1. The van der Waals surface area contributed by atoms with Crippen molar-refractivity contribution in [2.75, 3.05) is 26.2 Å². The van der Waals surface area contributed by atoms with Gasteiger partial charge in [-0.05, 0) is 62.8 Å². The Hall–Kier alpha value is -1.59. The molecular weight excluding hydrogens is 338 g/mol. The van der Waals surface area contributed by atoms with Crippen LogP contribution in [0.25, 0.3) is 0 Å². The molecule has 0 spiro atoms. The number of nitrogens with one attached hydrogen (secondary N) is 2. The first-order valence-corrected chi connectivity index (χ1v) is 9.49. The van der Waals surface area contributed by atoms with Crippen LogP contribution in [0.1, 0.15) is 41.6 Å². The summed E-state index contributed by atoms with van der Waals surface area (Å²) in [7, 11) is 0. The fraction of sp³-hybridized carbons (Fsp3) is 0.579. The first kappa shape index (κ1) is 18.2. The van der Waals surface area contributed by atoms with Crippen LogP contribution >= 0.6 is 11.6 Å². The Morgan fingerprint density at radius 2 is 2.16 bits per heavy atom. The van der Waals surface area contributed by atoms with E-state index >= 15 is 0 Å². The summed E-state index contributed by atoms with van der Waals surface area (Å²) >= 11 is 6.15. The van der Waals surface area contributed by atoms with Crippen LogP contribution in [0.15, 0.2) is 18.2 Å². The maximum atomic E-state index is 12.7. The third kappa shape index (κ3) is 4.53. The Bertz CT molecular complexity index is 644. The Morgan fingerprint density at radius 3 is 2.88 bits per heavy atom. The molecule has 0 radical (unpaired) electrons. The van der Waals surface area contributed by atoms with Crippen LogP contribution in [0.5, 0.6) is 0 Å². The number of piperidine rings is 1. The van der Waals surface area contributed by atoms with Gasteiger partial charge in [0.2, 0.25) is 5.91 Å². The molecule has 0 bridgehead atoms. The number of halogens is 1. The largest absolute Gasteiger partial charge is 0.354 e. The molecule has 1 aromatic carbocycles. The Balaban J connectivity index is 1.54. The zero-order valence-electron chi connectivity index (χ0n) is 14.7. The van der Waals surface area contributed by atoms with Gasteiger partial charge in [-0.1, -0.05) is 17.7 Å². The minimum absolute atomic E-state index is 0.0235. The number of carbonyl (C=O) groups excluding carboxylic acids is 2. The molecule has 2 N–H and O–H groups in total. The lowest BCUT2D eigenvalue weighted by atomic mass is 9.97. The van der Waals surface area contributed by atoms with Gasteiger partial charge in [0.25, 0.3) is 5.91 Å². The van der Waals surface area contributed by atoms with Gasteiger partial charge in [-0.2, -0.15) is 0 Å². The van der Waals surface area contributed by atoms with Crippen LogP contribution in [-0.4, -0.2) is 48.9 Å². The highest BCUT2D eigenvalue weighted by molar-refractivity contribution is 6.31. The molecule has 2 saturated heterocycles. The number of nitrogens with zero attached hydrogens (tertiary/aromatic N) is 1. The fourth-order valence-electron chi connectivity index (χ4n) is 3.60. The van der Waals surface area contributed by atoms with E-state index in [1.54, 1.807) is 6.07 Å². The molecular formula is C19H26ClN3O2. The summed E-state index contributed by atoms with van der Waals surface area (Å²) in [6, 6.07) is 5.42. The van der Waals surface area contributed by atoms with Crippen molar-refractivity contribution in [3.63, 3.8) is 0 Å². The third-order valence-corrected chi connectivity index (χ3v) is 5.57. The highest BCUT2D eigenvalue weighted by atomic mass is 35.5. The smallest absolute Gasteiger partial charge is 0.253 e. The topological polar surface area (TPSA) is 61.4 Å². The number of amides is 2. The zero-order valence-corrected chi connectivity index (χ0v) is 15.4. The van der Waals surface area contributed by atoms with E-state index in [0.29, 0.717) is 29.6 Å². The predicted octanol–water partition coefficient (Wildman–Crippen LogP) is 2.37. The van der Waals surface area contributed by atoms with Gasteiger partial charge in [0.05, 0.1) is 6.04 Å². The van der Waals surface area contributed by atoms with E-state index in [4.69, 9.17) is 11.6 Å². The van der Waals surface area contributed by atoms with E-state index in [1.165, 1.54) is 0 Å². The van der Waals surface area contributed by atoms with Crippen molar-refractivity contribution < 1.29 is 9.59 Å². The van der Waals surface area contributed by atoms with Crippen molar-refractivity contribution in [3.8, 4) is 0 Å². The number of rotatable bonds is 4. The van der Waals surface area contributed by atoms with E-state index in [2.05, 4.69) is 10.6 Å². The molecule has 136 valence electrons. The monoisotopic (exact) mass is 363 g/mol. The van der Waals surface area contributed by atoms with Gasteiger partial charge < -0.3 is 15.5 Å². The zero-order chi connectivity index (χ0) is 17.8. The van der Waals surface area contributed by atoms with Crippen molar-refractivity contribution in [2.24, 2.45) is 5.92 Å². The number of likely N-dealkylation sites (tertiary alicyclic amines) is 1. The van der Waals surface area contributed by atoms with Crippen molar-refractivity contribution in [3.05, 3.63) is 34.3 Å². The quantitative estimate of drug-likeness (QED) is 0.863. The summed E-state index contributed by atoms with van der Waals surface area (Å²) in [6.45, 7) is 4.93.